The second-order valence-electron chi connectivity index (χ2n) is 5.96. The van der Waals surface area contributed by atoms with E-state index >= 15 is 0 Å². The van der Waals surface area contributed by atoms with Crippen LogP contribution in [0, 0.1) is 0 Å². The first kappa shape index (κ1) is 17.3. The Morgan fingerprint density at radius 1 is 1.04 bits per heavy atom. The Bertz CT molecular complexity index is 1190. The van der Waals surface area contributed by atoms with E-state index in [0.29, 0.717) is 17.7 Å². The van der Waals surface area contributed by atoms with Gasteiger partial charge in [0.2, 0.25) is 5.78 Å². The van der Waals surface area contributed by atoms with Crippen LogP contribution < -0.4 is 5.56 Å². The van der Waals surface area contributed by atoms with Gasteiger partial charge in [-0.25, -0.2) is 0 Å². The van der Waals surface area contributed by atoms with Crippen molar-refractivity contribution in [2.45, 2.75) is 11.7 Å². The molecule has 0 atom stereocenters. The van der Waals surface area contributed by atoms with Gasteiger partial charge in [-0.3, -0.25) is 13.8 Å². The zero-order chi connectivity index (χ0) is 18.6. The van der Waals surface area contributed by atoms with Crippen LogP contribution in [0.4, 0.5) is 0 Å². The average Bonchev–Trinajstić information content (AvgIpc) is 3.13. The van der Waals surface area contributed by atoms with Crippen molar-refractivity contribution in [3.8, 4) is 0 Å². The number of thioether (sulfide) groups is 1. The number of nitrogens with zero attached hydrogens (tertiary/aromatic N) is 4. The molecule has 0 N–H and O–H groups in total. The van der Waals surface area contributed by atoms with Gasteiger partial charge >= 0.3 is 0 Å². The Morgan fingerprint density at radius 2 is 1.81 bits per heavy atom. The molecule has 27 heavy (non-hydrogen) atoms. The van der Waals surface area contributed by atoms with Crippen LogP contribution in [0.1, 0.15) is 5.56 Å². The van der Waals surface area contributed by atoms with E-state index in [1.165, 1.54) is 0 Å². The molecule has 0 spiro atoms. The summed E-state index contributed by atoms with van der Waals surface area (Å²) in [4.78, 5) is 12.8. The van der Waals surface area contributed by atoms with Crippen LogP contribution >= 0.6 is 11.8 Å². The summed E-state index contributed by atoms with van der Waals surface area (Å²) in [5.74, 6) is 1.29. The molecule has 134 valence electrons. The molecule has 0 bridgehead atoms. The number of hydrogen-bond donors (Lipinski definition) is 0. The van der Waals surface area contributed by atoms with Gasteiger partial charge in [-0.2, -0.15) is 0 Å². The standard InChI is InChI=1S/C21H18N4OS/c1-2-14-24-19(26)17-12-6-7-13-18(17)25-20(24)22-23-21(25)27-15-8-11-16-9-4-3-5-10-16/h2-13H,1,14-15H2. The Labute approximate surface area is 160 Å². The number of fused-ring (bicyclic) bond motifs is 3. The van der Waals surface area contributed by atoms with Crippen molar-refractivity contribution in [3.05, 3.63) is 89.2 Å². The first-order valence-electron chi connectivity index (χ1n) is 8.61. The predicted octanol–water partition coefficient (Wildman–Crippen LogP) is 4.04. The molecule has 0 fully saturated rings. The summed E-state index contributed by atoms with van der Waals surface area (Å²) in [7, 11) is 0. The Hall–Kier alpha value is -3.12. The Balaban J connectivity index is 1.73. The first-order chi connectivity index (χ1) is 13.3. The molecule has 0 saturated carbocycles. The van der Waals surface area contributed by atoms with Crippen molar-refractivity contribution < 1.29 is 0 Å². The highest BCUT2D eigenvalue weighted by atomic mass is 32.2. The van der Waals surface area contributed by atoms with Crippen LogP contribution in [-0.2, 0) is 6.54 Å². The van der Waals surface area contributed by atoms with E-state index in [0.717, 1.165) is 22.0 Å². The zero-order valence-corrected chi connectivity index (χ0v) is 15.5. The maximum atomic E-state index is 12.8. The van der Waals surface area contributed by atoms with Crippen LogP contribution in [0.5, 0.6) is 0 Å². The molecule has 2 aromatic carbocycles. The zero-order valence-electron chi connectivity index (χ0n) is 14.7. The second kappa shape index (κ2) is 7.63. The van der Waals surface area contributed by atoms with Crippen molar-refractivity contribution in [1.82, 2.24) is 19.2 Å². The molecule has 0 unspecified atom stereocenters. The first-order valence-corrected chi connectivity index (χ1v) is 9.60. The highest BCUT2D eigenvalue weighted by molar-refractivity contribution is 7.99. The normalized spacial score (nSPS) is 11.6. The summed E-state index contributed by atoms with van der Waals surface area (Å²) in [6.07, 6.45) is 5.88. The molecule has 0 saturated heterocycles. The molecule has 0 radical (unpaired) electrons. The molecule has 0 aliphatic rings. The van der Waals surface area contributed by atoms with Crippen LogP contribution in [0.3, 0.4) is 0 Å². The van der Waals surface area contributed by atoms with E-state index in [4.69, 9.17) is 0 Å². The average molecular weight is 374 g/mol. The number of hydrogen-bond acceptors (Lipinski definition) is 4. The summed E-state index contributed by atoms with van der Waals surface area (Å²) in [6.45, 7) is 4.14. The van der Waals surface area contributed by atoms with E-state index in [9.17, 15) is 4.79 Å². The van der Waals surface area contributed by atoms with E-state index < -0.39 is 0 Å². The summed E-state index contributed by atoms with van der Waals surface area (Å²) in [6, 6.07) is 17.7. The number of benzene rings is 2. The maximum Gasteiger partial charge on any atom is 0.263 e. The molecular weight excluding hydrogens is 356 g/mol. The molecule has 6 heteroatoms. The largest absolute Gasteiger partial charge is 0.272 e. The lowest BCUT2D eigenvalue weighted by molar-refractivity contribution is 0.783. The van der Waals surface area contributed by atoms with Crippen LogP contribution in [0.15, 0.2) is 83.3 Å². The second-order valence-corrected chi connectivity index (χ2v) is 6.95. The van der Waals surface area contributed by atoms with Crippen LogP contribution in [0.2, 0.25) is 0 Å². The van der Waals surface area contributed by atoms with Gasteiger partial charge in [0, 0.05) is 12.3 Å². The lowest BCUT2D eigenvalue weighted by Crippen LogP contribution is -2.22. The summed E-state index contributed by atoms with van der Waals surface area (Å²) < 4.78 is 3.55. The quantitative estimate of drug-likeness (QED) is 0.378. The SMILES string of the molecule is C=CCn1c(=O)c2ccccc2n2c(SCC=Cc3ccccc3)nnc12. The minimum atomic E-state index is -0.0778. The lowest BCUT2D eigenvalue weighted by Gasteiger charge is -2.09. The number of allylic oxidation sites excluding steroid dienone is 1. The van der Waals surface area contributed by atoms with E-state index in [1.807, 2.05) is 46.9 Å². The van der Waals surface area contributed by atoms with E-state index in [1.54, 1.807) is 22.4 Å². The molecule has 2 aromatic heterocycles. The molecular formula is C21H18N4OS. The number of rotatable bonds is 6. The summed E-state index contributed by atoms with van der Waals surface area (Å²) >= 11 is 1.58. The van der Waals surface area contributed by atoms with Gasteiger partial charge in [-0.15, -0.1) is 16.8 Å². The minimum Gasteiger partial charge on any atom is -0.272 e. The minimum absolute atomic E-state index is 0.0778. The van der Waals surface area contributed by atoms with Gasteiger partial charge in [0.05, 0.1) is 10.9 Å². The fraction of sp³-hybridized carbons (Fsp3) is 0.0952. The molecule has 0 amide bonds. The summed E-state index contributed by atoms with van der Waals surface area (Å²) in [5, 5.41) is 10.00. The fourth-order valence-electron chi connectivity index (χ4n) is 2.99. The van der Waals surface area contributed by atoms with Gasteiger partial charge in [0.25, 0.3) is 5.56 Å². The van der Waals surface area contributed by atoms with Gasteiger partial charge in [0.1, 0.15) is 0 Å². The van der Waals surface area contributed by atoms with Gasteiger partial charge in [0.15, 0.2) is 5.16 Å². The fourth-order valence-corrected chi connectivity index (χ4v) is 3.74. The Kier molecular flexibility index (Phi) is 4.89. The van der Waals surface area contributed by atoms with Crippen molar-refractivity contribution in [1.29, 1.82) is 0 Å². The van der Waals surface area contributed by atoms with Crippen LogP contribution in [0.25, 0.3) is 22.8 Å². The monoisotopic (exact) mass is 374 g/mol. The molecule has 0 aliphatic carbocycles. The van der Waals surface area contributed by atoms with Crippen LogP contribution in [-0.4, -0.2) is 24.9 Å². The highest BCUT2D eigenvalue weighted by Crippen LogP contribution is 2.21. The molecule has 2 heterocycles. The molecule has 4 rings (SSSR count). The van der Waals surface area contributed by atoms with E-state index in [2.05, 4.69) is 41.1 Å². The number of aromatic nitrogens is 4. The highest BCUT2D eigenvalue weighted by Gasteiger charge is 2.15. The predicted molar refractivity (Wildman–Crippen MR) is 111 cm³/mol. The topological polar surface area (TPSA) is 52.2 Å². The van der Waals surface area contributed by atoms with Crippen molar-refractivity contribution in [2.75, 3.05) is 5.75 Å². The molecule has 5 nitrogen and oxygen atoms in total. The smallest absolute Gasteiger partial charge is 0.263 e. The molecule has 4 aromatic rings. The van der Waals surface area contributed by atoms with Crippen molar-refractivity contribution >= 4 is 34.5 Å². The van der Waals surface area contributed by atoms with Crippen molar-refractivity contribution in [2.24, 2.45) is 0 Å². The third kappa shape index (κ3) is 3.31. The van der Waals surface area contributed by atoms with Gasteiger partial charge < -0.3 is 0 Å². The third-order valence-electron chi connectivity index (χ3n) is 4.21. The summed E-state index contributed by atoms with van der Waals surface area (Å²) in [5.41, 5.74) is 1.90. The number of para-hydroxylation sites is 1. The van der Waals surface area contributed by atoms with Gasteiger partial charge in [-0.05, 0) is 17.7 Å². The maximum absolute atomic E-state index is 12.8. The van der Waals surface area contributed by atoms with Crippen molar-refractivity contribution in [3.63, 3.8) is 0 Å². The van der Waals surface area contributed by atoms with Gasteiger partial charge in [-0.1, -0.05) is 72.5 Å². The lowest BCUT2D eigenvalue weighted by atomic mass is 10.2. The van der Waals surface area contributed by atoms with E-state index in [-0.39, 0.29) is 5.56 Å². The third-order valence-corrected chi connectivity index (χ3v) is 5.09. The molecule has 0 aliphatic heterocycles. The Morgan fingerprint density at radius 3 is 2.63 bits per heavy atom.